The fourth-order valence-corrected chi connectivity index (χ4v) is 4.89. The lowest BCUT2D eigenvalue weighted by atomic mass is 9.93. The summed E-state index contributed by atoms with van der Waals surface area (Å²) < 4.78 is 83.8. The van der Waals surface area contributed by atoms with E-state index in [4.69, 9.17) is 38.4 Å². The number of carbonyl (C=O) groups is 2. The highest BCUT2D eigenvalue weighted by Gasteiger charge is 2.57. The number of halogens is 7. The standard InChI is InChI=1S/C30H25Cl2F5N4O5/c1-4-46-27-15(9-24(38)42)8-23(41-26(27)17-10-19(32)21(34)11-20(17)33)29(44,30(35,36)37)12-39-28(43)16-5-14-6-18(31)13(2)40-25(14)22(7-16)45-3/h5-8,10-11,44H,4,9,12H2,1-3H3,(H2,38,42)(H,39,43)/t29-/m0/s1. The number of nitrogens with zero attached hydrogens (tertiary/aromatic N) is 2. The average molecular weight is 687 g/mol. The number of hydrogen-bond donors (Lipinski definition) is 3. The van der Waals surface area contributed by atoms with Crippen LogP contribution in [-0.2, 0) is 16.8 Å². The monoisotopic (exact) mass is 686 g/mol. The summed E-state index contributed by atoms with van der Waals surface area (Å²) in [6.45, 7) is 1.53. The highest BCUT2D eigenvalue weighted by molar-refractivity contribution is 6.32. The predicted octanol–water partition coefficient (Wildman–Crippen LogP) is 5.81. The van der Waals surface area contributed by atoms with Gasteiger partial charge in [-0.3, -0.25) is 9.59 Å². The molecule has 0 radical (unpaired) electrons. The molecule has 0 bridgehead atoms. The Morgan fingerprint density at radius 2 is 1.72 bits per heavy atom. The molecule has 0 saturated carbocycles. The van der Waals surface area contributed by atoms with Crippen LogP contribution in [0.5, 0.6) is 11.5 Å². The number of amides is 2. The molecule has 2 heterocycles. The second-order valence-electron chi connectivity index (χ2n) is 10.0. The van der Waals surface area contributed by atoms with Gasteiger partial charge < -0.3 is 25.6 Å². The zero-order valence-electron chi connectivity index (χ0n) is 24.3. The summed E-state index contributed by atoms with van der Waals surface area (Å²) in [6.07, 6.45) is -6.22. The van der Waals surface area contributed by atoms with Crippen LogP contribution < -0.4 is 20.5 Å². The summed E-state index contributed by atoms with van der Waals surface area (Å²) in [4.78, 5) is 33.2. The van der Waals surface area contributed by atoms with E-state index in [1.165, 1.54) is 32.2 Å². The number of hydrogen-bond acceptors (Lipinski definition) is 7. The maximum atomic E-state index is 15.0. The largest absolute Gasteiger partial charge is 0.494 e. The van der Waals surface area contributed by atoms with E-state index in [0.717, 1.165) is 6.07 Å². The Bertz CT molecular complexity index is 1860. The summed E-state index contributed by atoms with van der Waals surface area (Å²) in [5.41, 5.74) is -0.638. The molecule has 0 fully saturated rings. The van der Waals surface area contributed by atoms with Crippen LogP contribution in [0.15, 0.2) is 36.4 Å². The third-order valence-electron chi connectivity index (χ3n) is 6.86. The van der Waals surface area contributed by atoms with Crippen LogP contribution in [0, 0.1) is 18.6 Å². The lowest BCUT2D eigenvalue weighted by Gasteiger charge is -2.31. The van der Waals surface area contributed by atoms with E-state index in [0.29, 0.717) is 28.7 Å². The molecule has 9 nitrogen and oxygen atoms in total. The van der Waals surface area contributed by atoms with Crippen LogP contribution in [0.1, 0.15) is 34.2 Å². The number of aryl methyl sites for hydroxylation is 1. The van der Waals surface area contributed by atoms with Crippen molar-refractivity contribution in [2.75, 3.05) is 20.3 Å². The summed E-state index contributed by atoms with van der Waals surface area (Å²) in [5.74, 6) is -4.74. The first-order valence-electron chi connectivity index (χ1n) is 13.3. The lowest BCUT2D eigenvalue weighted by molar-refractivity contribution is -0.265. The van der Waals surface area contributed by atoms with Crippen molar-refractivity contribution in [2.45, 2.75) is 32.0 Å². The van der Waals surface area contributed by atoms with E-state index >= 15 is 4.39 Å². The first kappa shape index (κ1) is 34.6. The Morgan fingerprint density at radius 1 is 1.02 bits per heavy atom. The summed E-state index contributed by atoms with van der Waals surface area (Å²) >= 11 is 12.0. The molecule has 0 aliphatic heterocycles. The number of alkyl halides is 3. The number of aliphatic hydroxyl groups is 1. The Balaban J connectivity index is 1.85. The Kier molecular flexibility index (Phi) is 9.95. The molecule has 1 atom stereocenters. The molecule has 4 rings (SSSR count). The molecule has 0 aliphatic rings. The zero-order chi connectivity index (χ0) is 34.1. The number of benzene rings is 2. The van der Waals surface area contributed by atoms with Gasteiger partial charge in [0.25, 0.3) is 5.91 Å². The number of fused-ring (bicyclic) bond motifs is 1. The van der Waals surface area contributed by atoms with Gasteiger partial charge in [0.2, 0.25) is 11.5 Å². The van der Waals surface area contributed by atoms with Crippen molar-refractivity contribution in [3.63, 3.8) is 0 Å². The molecule has 4 N–H and O–H groups in total. The molecule has 244 valence electrons. The van der Waals surface area contributed by atoms with Crippen molar-refractivity contribution >= 4 is 45.9 Å². The number of nitrogens with two attached hydrogens (primary N) is 1. The van der Waals surface area contributed by atoms with Crippen molar-refractivity contribution in [3.05, 3.63) is 80.6 Å². The SMILES string of the molecule is CCOc1c(CC(N)=O)cc([C@@](O)(CNC(=O)c2cc(OC)c3nc(C)c(Cl)cc3c2)C(F)(F)F)nc1-c1cc(Cl)c(F)cc1F. The smallest absolute Gasteiger partial charge is 0.424 e. The van der Waals surface area contributed by atoms with E-state index in [9.17, 15) is 32.3 Å². The summed E-state index contributed by atoms with van der Waals surface area (Å²) in [7, 11) is 1.31. The number of nitrogens with one attached hydrogen (secondary N) is 1. The van der Waals surface area contributed by atoms with Gasteiger partial charge in [0, 0.05) is 28.1 Å². The number of rotatable bonds is 10. The van der Waals surface area contributed by atoms with Crippen molar-refractivity contribution < 1.29 is 46.1 Å². The van der Waals surface area contributed by atoms with Crippen molar-refractivity contribution in [3.8, 4) is 22.8 Å². The van der Waals surface area contributed by atoms with E-state index in [2.05, 4.69) is 9.97 Å². The Morgan fingerprint density at radius 3 is 2.33 bits per heavy atom. The molecule has 4 aromatic rings. The minimum absolute atomic E-state index is 0.120. The third-order valence-corrected chi connectivity index (χ3v) is 7.53. The second kappa shape index (κ2) is 13.2. The van der Waals surface area contributed by atoms with Crippen molar-refractivity contribution in [1.29, 1.82) is 0 Å². The van der Waals surface area contributed by atoms with Crippen molar-refractivity contribution in [2.24, 2.45) is 5.73 Å². The van der Waals surface area contributed by atoms with Crippen LogP contribution in [0.4, 0.5) is 22.0 Å². The van der Waals surface area contributed by atoms with Crippen LogP contribution in [-0.4, -0.2) is 53.3 Å². The lowest BCUT2D eigenvalue weighted by Crippen LogP contribution is -2.51. The van der Waals surface area contributed by atoms with Crippen LogP contribution >= 0.6 is 23.2 Å². The molecule has 2 aromatic heterocycles. The van der Waals surface area contributed by atoms with Crippen LogP contribution in [0.3, 0.4) is 0 Å². The quantitative estimate of drug-likeness (QED) is 0.142. The minimum Gasteiger partial charge on any atom is -0.494 e. The molecule has 2 aromatic carbocycles. The van der Waals surface area contributed by atoms with Gasteiger partial charge in [-0.05, 0) is 44.2 Å². The molecular weight excluding hydrogens is 662 g/mol. The maximum Gasteiger partial charge on any atom is 0.424 e. The molecular formula is C30H25Cl2F5N4O5. The number of aromatic nitrogens is 2. The number of carbonyl (C=O) groups excluding carboxylic acids is 2. The highest BCUT2D eigenvalue weighted by Crippen LogP contribution is 2.43. The summed E-state index contributed by atoms with van der Waals surface area (Å²) in [6, 6.07) is 5.90. The molecule has 0 unspecified atom stereocenters. The van der Waals surface area contributed by atoms with Gasteiger partial charge in [0.1, 0.15) is 34.3 Å². The first-order chi connectivity index (χ1) is 21.5. The van der Waals surface area contributed by atoms with Gasteiger partial charge in [-0.15, -0.1) is 0 Å². The fourth-order valence-electron chi connectivity index (χ4n) is 4.56. The second-order valence-corrected chi connectivity index (χ2v) is 10.8. The Labute approximate surface area is 268 Å². The number of primary amides is 1. The topological polar surface area (TPSA) is 137 Å². The molecule has 2 amide bonds. The zero-order valence-corrected chi connectivity index (χ0v) is 25.8. The van der Waals surface area contributed by atoms with E-state index in [-0.39, 0.29) is 34.3 Å². The normalized spacial score (nSPS) is 12.9. The van der Waals surface area contributed by atoms with Crippen LogP contribution in [0.2, 0.25) is 10.0 Å². The van der Waals surface area contributed by atoms with E-state index < -0.39 is 70.2 Å². The Hall–Kier alpha value is -4.27. The summed E-state index contributed by atoms with van der Waals surface area (Å²) in [5, 5.41) is 13.2. The van der Waals surface area contributed by atoms with Gasteiger partial charge >= 0.3 is 6.18 Å². The highest BCUT2D eigenvalue weighted by atomic mass is 35.5. The molecule has 46 heavy (non-hydrogen) atoms. The first-order valence-corrected chi connectivity index (χ1v) is 14.1. The molecule has 16 heteroatoms. The van der Waals surface area contributed by atoms with Gasteiger partial charge in [0.05, 0.1) is 48.1 Å². The van der Waals surface area contributed by atoms with Gasteiger partial charge in [-0.1, -0.05) is 23.2 Å². The third kappa shape index (κ3) is 6.78. The number of methoxy groups -OCH3 is 1. The number of pyridine rings is 2. The van der Waals surface area contributed by atoms with E-state index in [1.807, 2.05) is 5.32 Å². The van der Waals surface area contributed by atoms with Gasteiger partial charge in [-0.25, -0.2) is 18.7 Å². The molecule has 0 saturated heterocycles. The number of ether oxygens (including phenoxy) is 2. The fraction of sp³-hybridized carbons (Fsp3) is 0.267. The predicted molar refractivity (Wildman–Crippen MR) is 159 cm³/mol. The average Bonchev–Trinajstić information content (AvgIpc) is 2.97. The van der Waals surface area contributed by atoms with Gasteiger partial charge in [-0.2, -0.15) is 13.2 Å². The van der Waals surface area contributed by atoms with Crippen molar-refractivity contribution in [1.82, 2.24) is 15.3 Å². The van der Waals surface area contributed by atoms with Crippen LogP contribution in [0.25, 0.3) is 22.2 Å². The van der Waals surface area contributed by atoms with E-state index in [1.54, 1.807) is 6.92 Å². The van der Waals surface area contributed by atoms with Gasteiger partial charge in [0.15, 0.2) is 0 Å². The molecule has 0 spiro atoms. The molecule has 0 aliphatic carbocycles. The minimum atomic E-state index is -5.50. The maximum absolute atomic E-state index is 15.0.